The number of sulfonamides is 1. The molecule has 0 fully saturated rings. The molecule has 0 aliphatic rings. The average molecular weight is 451 g/mol. The Hall–Kier alpha value is -2.46. The molecule has 0 radical (unpaired) electrons. The van der Waals surface area contributed by atoms with Crippen molar-refractivity contribution in [2.75, 3.05) is 18.0 Å². The van der Waals surface area contributed by atoms with E-state index in [1.807, 2.05) is 0 Å². The molecule has 0 aliphatic carbocycles. The van der Waals surface area contributed by atoms with Crippen LogP contribution in [-0.4, -0.2) is 40.2 Å². The van der Waals surface area contributed by atoms with Crippen LogP contribution in [0.5, 0.6) is 5.75 Å². The number of hydrogen-bond donors (Lipinski definition) is 1. The molecule has 158 valence electrons. The molecule has 0 spiro atoms. The van der Waals surface area contributed by atoms with E-state index in [-0.39, 0.29) is 10.6 Å². The van der Waals surface area contributed by atoms with Gasteiger partial charge in [0, 0.05) is 5.02 Å². The molecule has 0 unspecified atom stereocenters. The Balaban J connectivity index is 2.47. The van der Waals surface area contributed by atoms with Gasteiger partial charge in [-0.25, -0.2) is 8.42 Å². The highest BCUT2D eigenvalue weighted by molar-refractivity contribution is 7.93. The van der Waals surface area contributed by atoms with Crippen LogP contribution in [0.15, 0.2) is 53.4 Å². The SMILES string of the molecule is COc1ccc(N([C@H](C)C(=O)NCC(F)(F)F)S(=O)(=O)c2ccc(Cl)cc2)cc1. The van der Waals surface area contributed by atoms with Crippen LogP contribution in [0.2, 0.25) is 5.02 Å². The first-order valence-electron chi connectivity index (χ1n) is 8.24. The van der Waals surface area contributed by atoms with E-state index >= 15 is 0 Å². The summed E-state index contributed by atoms with van der Waals surface area (Å²) in [6.45, 7) is -0.378. The summed E-state index contributed by atoms with van der Waals surface area (Å²) >= 11 is 5.80. The van der Waals surface area contributed by atoms with Crippen LogP contribution in [0.1, 0.15) is 6.92 Å². The number of methoxy groups -OCH3 is 1. The van der Waals surface area contributed by atoms with E-state index in [0.29, 0.717) is 10.8 Å². The summed E-state index contributed by atoms with van der Waals surface area (Å²) in [5.74, 6) is -0.664. The first-order valence-corrected chi connectivity index (χ1v) is 10.1. The maximum absolute atomic E-state index is 13.2. The number of nitrogens with one attached hydrogen (secondary N) is 1. The summed E-state index contributed by atoms with van der Waals surface area (Å²) in [5.41, 5.74) is 0.0791. The Bertz CT molecular complexity index is 949. The highest BCUT2D eigenvalue weighted by Crippen LogP contribution is 2.29. The standard InChI is InChI=1S/C18H18ClF3N2O4S/c1-12(17(25)23-11-18(20,21)22)24(14-5-7-15(28-2)8-6-14)29(26,27)16-9-3-13(19)4-10-16/h3-10,12H,11H2,1-2H3,(H,23,25)/t12-/m1/s1. The van der Waals surface area contributed by atoms with Crippen LogP contribution in [0.3, 0.4) is 0 Å². The number of hydrogen-bond acceptors (Lipinski definition) is 4. The summed E-state index contributed by atoms with van der Waals surface area (Å²) < 4.78 is 69.5. The van der Waals surface area contributed by atoms with E-state index in [1.54, 1.807) is 5.32 Å². The second-order valence-corrected chi connectivity index (χ2v) is 8.21. The van der Waals surface area contributed by atoms with Crippen molar-refractivity contribution in [1.82, 2.24) is 5.32 Å². The molecule has 6 nitrogen and oxygen atoms in total. The number of carbonyl (C=O) groups excluding carboxylic acids is 1. The number of nitrogens with zero attached hydrogens (tertiary/aromatic N) is 1. The van der Waals surface area contributed by atoms with Crippen molar-refractivity contribution in [3.63, 3.8) is 0 Å². The predicted molar refractivity (Wildman–Crippen MR) is 103 cm³/mol. The van der Waals surface area contributed by atoms with E-state index in [9.17, 15) is 26.4 Å². The topological polar surface area (TPSA) is 75.7 Å². The molecule has 2 aromatic carbocycles. The third kappa shape index (κ3) is 5.77. The fourth-order valence-electron chi connectivity index (χ4n) is 2.46. The van der Waals surface area contributed by atoms with Crippen molar-refractivity contribution >= 4 is 33.2 Å². The Morgan fingerprint density at radius 3 is 2.17 bits per heavy atom. The number of anilines is 1. The molecule has 1 N–H and O–H groups in total. The quantitative estimate of drug-likeness (QED) is 0.699. The molecule has 0 saturated heterocycles. The Kier molecular flexibility index (Phi) is 7.02. The van der Waals surface area contributed by atoms with Crippen molar-refractivity contribution < 1.29 is 31.1 Å². The van der Waals surface area contributed by atoms with Crippen LogP contribution in [-0.2, 0) is 14.8 Å². The first-order chi connectivity index (χ1) is 13.5. The van der Waals surface area contributed by atoms with E-state index in [1.165, 1.54) is 62.6 Å². The molecule has 0 bridgehead atoms. The van der Waals surface area contributed by atoms with Crippen molar-refractivity contribution in [2.45, 2.75) is 24.0 Å². The zero-order valence-corrected chi connectivity index (χ0v) is 17.0. The minimum absolute atomic E-state index is 0.0791. The third-order valence-corrected chi connectivity index (χ3v) is 6.06. The molecule has 11 heteroatoms. The number of halogens is 4. The molecular weight excluding hydrogens is 433 g/mol. The van der Waals surface area contributed by atoms with Gasteiger partial charge in [-0.05, 0) is 55.5 Å². The van der Waals surface area contributed by atoms with Crippen LogP contribution >= 0.6 is 11.6 Å². The molecule has 0 saturated carbocycles. The minimum Gasteiger partial charge on any atom is -0.497 e. The van der Waals surface area contributed by atoms with Crippen molar-refractivity contribution in [3.05, 3.63) is 53.6 Å². The molecule has 1 amide bonds. The van der Waals surface area contributed by atoms with E-state index in [0.717, 1.165) is 4.31 Å². The fraction of sp³-hybridized carbons (Fsp3) is 0.278. The highest BCUT2D eigenvalue weighted by atomic mass is 35.5. The maximum Gasteiger partial charge on any atom is 0.405 e. The predicted octanol–water partition coefficient (Wildman–Crippen LogP) is 3.61. The minimum atomic E-state index is -4.63. The lowest BCUT2D eigenvalue weighted by Crippen LogP contribution is -2.49. The van der Waals surface area contributed by atoms with Gasteiger partial charge < -0.3 is 10.1 Å². The van der Waals surface area contributed by atoms with Crippen molar-refractivity contribution in [1.29, 1.82) is 0 Å². The van der Waals surface area contributed by atoms with Gasteiger partial charge in [0.25, 0.3) is 10.0 Å². The maximum atomic E-state index is 13.2. The van der Waals surface area contributed by atoms with Gasteiger partial charge in [0.05, 0.1) is 17.7 Å². The number of rotatable bonds is 7. The van der Waals surface area contributed by atoms with Gasteiger partial charge >= 0.3 is 6.18 Å². The highest BCUT2D eigenvalue weighted by Gasteiger charge is 2.35. The molecule has 0 aromatic heterocycles. The normalized spacial score (nSPS) is 12.9. The van der Waals surface area contributed by atoms with Gasteiger partial charge in [0.1, 0.15) is 18.3 Å². The zero-order valence-electron chi connectivity index (χ0n) is 15.4. The van der Waals surface area contributed by atoms with Gasteiger partial charge in [-0.15, -0.1) is 0 Å². The Morgan fingerprint density at radius 1 is 1.14 bits per heavy atom. The molecule has 0 heterocycles. The second kappa shape index (κ2) is 8.91. The van der Waals surface area contributed by atoms with Crippen LogP contribution in [0, 0.1) is 0 Å². The Labute approximate surface area is 171 Å². The second-order valence-electron chi connectivity index (χ2n) is 5.96. The zero-order chi connectivity index (χ0) is 21.8. The molecular formula is C18H18ClF3N2O4S. The molecule has 1 atom stereocenters. The van der Waals surface area contributed by atoms with Gasteiger partial charge in [0.2, 0.25) is 5.91 Å². The van der Waals surface area contributed by atoms with Crippen LogP contribution in [0.4, 0.5) is 18.9 Å². The number of ether oxygens (including phenoxy) is 1. The van der Waals surface area contributed by atoms with Crippen LogP contribution in [0.25, 0.3) is 0 Å². The van der Waals surface area contributed by atoms with E-state index in [2.05, 4.69) is 0 Å². The smallest absolute Gasteiger partial charge is 0.405 e. The van der Waals surface area contributed by atoms with E-state index in [4.69, 9.17) is 16.3 Å². The van der Waals surface area contributed by atoms with Gasteiger partial charge in [-0.2, -0.15) is 13.2 Å². The molecule has 29 heavy (non-hydrogen) atoms. The fourth-order valence-corrected chi connectivity index (χ4v) is 4.21. The lowest BCUT2D eigenvalue weighted by Gasteiger charge is -2.30. The van der Waals surface area contributed by atoms with E-state index < -0.39 is 34.7 Å². The summed E-state index contributed by atoms with van der Waals surface area (Å²) in [6, 6.07) is 9.46. The Morgan fingerprint density at radius 2 is 1.69 bits per heavy atom. The van der Waals surface area contributed by atoms with Gasteiger partial charge in [-0.1, -0.05) is 11.6 Å². The summed E-state index contributed by atoms with van der Waals surface area (Å²) in [4.78, 5) is 12.1. The van der Waals surface area contributed by atoms with Crippen molar-refractivity contribution in [3.8, 4) is 5.75 Å². The third-order valence-electron chi connectivity index (χ3n) is 3.89. The average Bonchev–Trinajstić information content (AvgIpc) is 2.66. The largest absolute Gasteiger partial charge is 0.497 e. The molecule has 0 aliphatic heterocycles. The first kappa shape index (κ1) is 22.8. The summed E-state index contributed by atoms with van der Waals surface area (Å²) in [5, 5.41) is 2.01. The number of carbonyl (C=O) groups is 1. The van der Waals surface area contributed by atoms with Crippen LogP contribution < -0.4 is 14.4 Å². The number of benzene rings is 2. The number of alkyl halides is 3. The lowest BCUT2D eigenvalue weighted by molar-refractivity contribution is -0.138. The van der Waals surface area contributed by atoms with Gasteiger partial charge in [0.15, 0.2) is 0 Å². The molecule has 2 rings (SSSR count). The monoisotopic (exact) mass is 450 g/mol. The molecule has 2 aromatic rings. The summed E-state index contributed by atoms with van der Waals surface area (Å²) in [6.07, 6.45) is -4.63. The van der Waals surface area contributed by atoms with Crippen molar-refractivity contribution in [2.24, 2.45) is 0 Å². The number of amides is 1. The lowest BCUT2D eigenvalue weighted by atomic mass is 10.2. The van der Waals surface area contributed by atoms with Gasteiger partial charge in [-0.3, -0.25) is 9.10 Å². The summed E-state index contributed by atoms with van der Waals surface area (Å²) in [7, 11) is -2.88.